The van der Waals surface area contributed by atoms with E-state index >= 15 is 0 Å². The van der Waals surface area contributed by atoms with E-state index in [9.17, 15) is 19.6 Å². The Morgan fingerprint density at radius 1 is 1.08 bits per heavy atom. The van der Waals surface area contributed by atoms with Crippen LogP contribution in [0.5, 0.6) is 0 Å². The van der Waals surface area contributed by atoms with Gasteiger partial charge in [0.2, 0.25) is 0 Å². The minimum absolute atomic E-state index is 0.215. The van der Waals surface area contributed by atoms with Crippen LogP contribution in [0.25, 0.3) is 0 Å². The summed E-state index contributed by atoms with van der Waals surface area (Å²) < 4.78 is 10.2. The summed E-state index contributed by atoms with van der Waals surface area (Å²) in [6, 6.07) is 10.3. The van der Waals surface area contributed by atoms with Crippen LogP contribution in [0.4, 0.5) is 5.69 Å². The highest BCUT2D eigenvalue weighted by Gasteiger charge is 2.18. The number of carbonyl (C=O) groups is 3. The number of rotatable bonds is 6. The largest absolute Gasteiger partial charge is 0.618 e. The Morgan fingerprint density at radius 3 is 2.38 bits per heavy atom. The van der Waals surface area contributed by atoms with Gasteiger partial charge < -0.3 is 20.0 Å². The van der Waals surface area contributed by atoms with Crippen LogP contribution in [-0.2, 0) is 14.3 Å². The molecule has 0 atom stereocenters. The third-order valence-corrected chi connectivity index (χ3v) is 3.11. The van der Waals surface area contributed by atoms with Gasteiger partial charge in [0, 0.05) is 17.8 Å². The lowest BCUT2D eigenvalue weighted by atomic mass is 10.2. The number of ether oxygens (including phenoxy) is 2. The molecule has 1 amide bonds. The summed E-state index contributed by atoms with van der Waals surface area (Å²) in [4.78, 5) is 35.3. The maximum absolute atomic E-state index is 11.8. The van der Waals surface area contributed by atoms with Crippen molar-refractivity contribution >= 4 is 23.5 Å². The molecule has 0 saturated carbocycles. The first kappa shape index (κ1) is 18.9. The van der Waals surface area contributed by atoms with Crippen LogP contribution >= 0.6 is 0 Å². The minimum atomic E-state index is -0.900. The van der Waals surface area contributed by atoms with Gasteiger partial charge in [-0.3, -0.25) is 4.79 Å². The number of pyridine rings is 1. The molecule has 1 aromatic heterocycles. The first-order valence-corrected chi connectivity index (χ1v) is 7.83. The fourth-order valence-corrected chi connectivity index (χ4v) is 1.96. The van der Waals surface area contributed by atoms with Gasteiger partial charge in [-0.1, -0.05) is 0 Å². The Kier molecular flexibility index (Phi) is 6.26. The summed E-state index contributed by atoms with van der Waals surface area (Å²) in [7, 11) is 0. The lowest BCUT2D eigenvalue weighted by Gasteiger charge is -2.09. The molecule has 0 radical (unpaired) electrons. The van der Waals surface area contributed by atoms with Crippen molar-refractivity contribution in [3.8, 4) is 0 Å². The molecule has 0 unspecified atom stereocenters. The number of amides is 1. The van der Waals surface area contributed by atoms with Gasteiger partial charge in [-0.25, -0.2) is 9.59 Å². The van der Waals surface area contributed by atoms with E-state index in [1.165, 1.54) is 42.5 Å². The fraction of sp³-hybridized carbons (Fsp3) is 0.222. The van der Waals surface area contributed by atoms with E-state index in [4.69, 9.17) is 9.47 Å². The Hall–Kier alpha value is -3.42. The highest BCUT2D eigenvalue weighted by Crippen LogP contribution is 2.11. The molecule has 8 nitrogen and oxygen atoms in total. The van der Waals surface area contributed by atoms with Crippen LogP contribution in [0.3, 0.4) is 0 Å². The number of nitrogens with zero attached hydrogens (tertiary/aromatic N) is 1. The zero-order valence-corrected chi connectivity index (χ0v) is 14.3. The van der Waals surface area contributed by atoms with E-state index in [1.807, 2.05) is 0 Å². The van der Waals surface area contributed by atoms with Crippen molar-refractivity contribution < 1.29 is 28.6 Å². The highest BCUT2D eigenvalue weighted by atomic mass is 16.5. The van der Waals surface area contributed by atoms with Crippen molar-refractivity contribution in [3.05, 3.63) is 65.1 Å². The molecule has 0 spiro atoms. The maximum Gasteiger partial charge on any atom is 0.405 e. The number of carbonyl (C=O) groups excluding carboxylic acids is 3. The minimum Gasteiger partial charge on any atom is -0.618 e. The molecule has 1 heterocycles. The Labute approximate surface area is 149 Å². The van der Waals surface area contributed by atoms with Crippen molar-refractivity contribution in [1.29, 1.82) is 0 Å². The summed E-state index contributed by atoms with van der Waals surface area (Å²) in [6.45, 7) is 2.94. The van der Waals surface area contributed by atoms with Crippen LogP contribution < -0.4 is 10.0 Å². The average Bonchev–Trinajstić information content (AvgIpc) is 2.60. The zero-order valence-electron chi connectivity index (χ0n) is 14.3. The van der Waals surface area contributed by atoms with Gasteiger partial charge in [-0.2, -0.15) is 4.73 Å². The van der Waals surface area contributed by atoms with Gasteiger partial charge in [0.15, 0.2) is 12.8 Å². The number of aromatic nitrogens is 1. The monoisotopic (exact) mass is 358 g/mol. The predicted octanol–water partition coefficient (Wildman–Crippen LogP) is 1.68. The van der Waals surface area contributed by atoms with E-state index < -0.39 is 24.5 Å². The molecule has 0 bridgehead atoms. The molecule has 1 aromatic carbocycles. The summed E-state index contributed by atoms with van der Waals surface area (Å²) in [6.07, 6.45) is 0.927. The lowest BCUT2D eigenvalue weighted by Crippen LogP contribution is -2.35. The average molecular weight is 358 g/mol. The number of hydrogen-bond acceptors (Lipinski definition) is 6. The highest BCUT2D eigenvalue weighted by molar-refractivity contribution is 5.95. The van der Waals surface area contributed by atoms with E-state index in [0.717, 1.165) is 6.20 Å². The van der Waals surface area contributed by atoms with Crippen molar-refractivity contribution in [2.45, 2.75) is 20.0 Å². The third-order valence-electron chi connectivity index (χ3n) is 3.11. The summed E-state index contributed by atoms with van der Waals surface area (Å²) in [5, 5.41) is 13.9. The molecule has 136 valence electrons. The molecular formula is C18H18N2O6. The molecule has 0 aliphatic rings. The molecule has 26 heavy (non-hydrogen) atoms. The smallest absolute Gasteiger partial charge is 0.405 e. The molecule has 2 aromatic rings. The van der Waals surface area contributed by atoms with Gasteiger partial charge in [-0.15, -0.1) is 0 Å². The van der Waals surface area contributed by atoms with Crippen LogP contribution in [0.1, 0.15) is 34.7 Å². The van der Waals surface area contributed by atoms with E-state index in [1.54, 1.807) is 13.8 Å². The van der Waals surface area contributed by atoms with Gasteiger partial charge in [0.25, 0.3) is 5.91 Å². The molecule has 0 fully saturated rings. The Balaban J connectivity index is 1.87. The summed E-state index contributed by atoms with van der Waals surface area (Å²) in [5.74, 6) is -1.94. The fourth-order valence-electron chi connectivity index (χ4n) is 1.96. The van der Waals surface area contributed by atoms with Crippen molar-refractivity contribution in [1.82, 2.24) is 0 Å². The molecule has 8 heteroatoms. The summed E-state index contributed by atoms with van der Waals surface area (Å²) >= 11 is 0. The van der Waals surface area contributed by atoms with Gasteiger partial charge in [0.05, 0.1) is 11.7 Å². The zero-order chi connectivity index (χ0) is 19.1. The maximum atomic E-state index is 11.8. The van der Waals surface area contributed by atoms with Crippen molar-refractivity contribution in [2.24, 2.45) is 0 Å². The van der Waals surface area contributed by atoms with E-state index in [-0.39, 0.29) is 11.8 Å². The number of hydrogen-bond donors (Lipinski definition) is 1. The quantitative estimate of drug-likeness (QED) is 0.478. The van der Waals surface area contributed by atoms with Crippen LogP contribution in [0, 0.1) is 5.21 Å². The second-order valence-corrected chi connectivity index (χ2v) is 5.57. The molecule has 0 saturated heterocycles. The topological polar surface area (TPSA) is 109 Å². The van der Waals surface area contributed by atoms with Gasteiger partial charge in [-0.05, 0) is 44.2 Å². The lowest BCUT2D eigenvalue weighted by molar-refractivity contribution is -0.608. The molecule has 1 N–H and O–H groups in total. The normalized spacial score (nSPS) is 10.3. The third kappa shape index (κ3) is 5.30. The number of esters is 2. The first-order valence-electron chi connectivity index (χ1n) is 7.83. The molecule has 0 aliphatic heterocycles. The van der Waals surface area contributed by atoms with Gasteiger partial charge in [0.1, 0.15) is 0 Å². The molecular weight excluding hydrogens is 340 g/mol. The second kappa shape index (κ2) is 8.61. The van der Waals surface area contributed by atoms with Crippen LogP contribution in [0.2, 0.25) is 0 Å². The Morgan fingerprint density at radius 2 is 1.77 bits per heavy atom. The van der Waals surface area contributed by atoms with E-state index in [2.05, 4.69) is 5.32 Å². The van der Waals surface area contributed by atoms with Crippen molar-refractivity contribution in [3.63, 3.8) is 0 Å². The van der Waals surface area contributed by atoms with E-state index in [0.29, 0.717) is 16.0 Å². The van der Waals surface area contributed by atoms with Crippen molar-refractivity contribution in [2.75, 3.05) is 11.9 Å². The number of nitrogens with one attached hydrogen (secondary N) is 1. The van der Waals surface area contributed by atoms with Gasteiger partial charge >= 0.3 is 17.6 Å². The SMILES string of the molecule is CC(C)OC(=O)c1ccc(NC(=O)COC(=O)c2cccc[n+]2[O-])cc1. The molecule has 2 rings (SSSR count). The standard InChI is InChI=1S/C18H18N2O6/c1-12(2)26-17(22)13-6-8-14(9-7-13)19-16(21)11-25-18(23)15-5-3-4-10-20(15)24/h3-10,12H,11H2,1-2H3,(H,19,21). The predicted molar refractivity (Wildman–Crippen MR) is 91.3 cm³/mol. The van der Waals surface area contributed by atoms with Crippen LogP contribution in [0.15, 0.2) is 48.7 Å². The number of benzene rings is 1. The molecule has 0 aliphatic carbocycles. The Bertz CT molecular complexity index is 802. The summed E-state index contributed by atoms with van der Waals surface area (Å²) in [5.41, 5.74) is 0.561. The number of anilines is 1. The first-order chi connectivity index (χ1) is 12.4. The second-order valence-electron chi connectivity index (χ2n) is 5.57. The van der Waals surface area contributed by atoms with Crippen LogP contribution in [-0.4, -0.2) is 30.6 Å².